The van der Waals surface area contributed by atoms with Gasteiger partial charge in [-0.1, -0.05) is 13.8 Å². The first-order chi connectivity index (χ1) is 9.36. The summed E-state index contributed by atoms with van der Waals surface area (Å²) in [5.41, 5.74) is -0.743. The molecule has 0 saturated heterocycles. The van der Waals surface area contributed by atoms with Crippen molar-refractivity contribution in [2.75, 3.05) is 5.32 Å². The highest BCUT2D eigenvalue weighted by Crippen LogP contribution is 2.60. The Morgan fingerprint density at radius 3 is 2.50 bits per heavy atom. The van der Waals surface area contributed by atoms with Crippen LogP contribution in [0.1, 0.15) is 33.1 Å². The average Bonchev–Trinajstić information content (AvgIpc) is 2.93. The van der Waals surface area contributed by atoms with Gasteiger partial charge in [-0.05, 0) is 49.4 Å². The number of carbonyl (C=O) groups excluding carboxylic acids is 2. The number of carbonyl (C=O) groups is 2. The van der Waals surface area contributed by atoms with E-state index in [2.05, 4.69) is 5.32 Å². The fourth-order valence-corrected chi connectivity index (χ4v) is 3.76. The zero-order valence-electron chi connectivity index (χ0n) is 11.7. The number of ketones is 1. The second-order valence-electron chi connectivity index (χ2n) is 6.53. The van der Waals surface area contributed by atoms with Crippen LogP contribution in [0.4, 0.5) is 10.1 Å². The molecule has 1 N–H and O–H groups in total. The van der Waals surface area contributed by atoms with E-state index in [0.717, 1.165) is 6.42 Å². The van der Waals surface area contributed by atoms with Crippen LogP contribution in [0.15, 0.2) is 24.3 Å². The van der Waals surface area contributed by atoms with E-state index in [9.17, 15) is 14.0 Å². The monoisotopic (exact) mass is 275 g/mol. The number of amides is 1. The molecule has 2 aliphatic carbocycles. The van der Waals surface area contributed by atoms with E-state index >= 15 is 0 Å². The highest BCUT2D eigenvalue weighted by Gasteiger charge is 2.64. The predicted molar refractivity (Wildman–Crippen MR) is 73.6 cm³/mol. The van der Waals surface area contributed by atoms with Gasteiger partial charge in [0.05, 0.1) is 0 Å². The second kappa shape index (κ2) is 4.14. The minimum Gasteiger partial charge on any atom is -0.325 e. The van der Waals surface area contributed by atoms with Crippen LogP contribution in [-0.2, 0) is 9.59 Å². The maximum absolute atomic E-state index is 12.9. The van der Waals surface area contributed by atoms with Crippen LogP contribution < -0.4 is 5.32 Å². The zero-order valence-corrected chi connectivity index (χ0v) is 11.7. The first-order valence-electron chi connectivity index (χ1n) is 6.98. The van der Waals surface area contributed by atoms with Crippen molar-refractivity contribution in [1.82, 2.24) is 0 Å². The maximum atomic E-state index is 12.9. The smallest absolute Gasteiger partial charge is 0.238 e. The number of fused-ring (bicyclic) bond motifs is 2. The van der Waals surface area contributed by atoms with Gasteiger partial charge in [-0.15, -0.1) is 0 Å². The van der Waals surface area contributed by atoms with Crippen LogP contribution in [0, 0.1) is 22.6 Å². The summed E-state index contributed by atoms with van der Waals surface area (Å²) >= 11 is 0. The number of hydrogen-bond acceptors (Lipinski definition) is 2. The van der Waals surface area contributed by atoms with E-state index in [1.807, 2.05) is 13.8 Å². The lowest BCUT2D eigenvalue weighted by Crippen LogP contribution is -2.44. The van der Waals surface area contributed by atoms with Gasteiger partial charge in [-0.25, -0.2) is 4.39 Å². The Balaban J connectivity index is 1.84. The SMILES string of the molecule is CC1(C)C(=O)C2(C(=O)Nc3ccc(F)cc3)CCC1C2. The molecule has 106 valence electrons. The average molecular weight is 275 g/mol. The molecule has 0 aromatic heterocycles. The van der Waals surface area contributed by atoms with Gasteiger partial charge in [0.25, 0.3) is 0 Å². The van der Waals surface area contributed by atoms with Gasteiger partial charge in [-0.3, -0.25) is 9.59 Å². The molecule has 1 amide bonds. The Morgan fingerprint density at radius 1 is 1.30 bits per heavy atom. The molecule has 2 atom stereocenters. The Labute approximate surface area is 117 Å². The summed E-state index contributed by atoms with van der Waals surface area (Å²) in [5.74, 6) is -0.225. The maximum Gasteiger partial charge on any atom is 0.238 e. The van der Waals surface area contributed by atoms with Gasteiger partial charge in [0.1, 0.15) is 11.2 Å². The molecule has 20 heavy (non-hydrogen) atoms. The lowest BCUT2D eigenvalue weighted by atomic mass is 9.70. The molecule has 2 saturated carbocycles. The molecule has 0 heterocycles. The van der Waals surface area contributed by atoms with Crippen molar-refractivity contribution < 1.29 is 14.0 Å². The molecular formula is C16H18FNO2. The lowest BCUT2D eigenvalue weighted by Gasteiger charge is -2.32. The molecular weight excluding hydrogens is 257 g/mol. The van der Waals surface area contributed by atoms with Crippen molar-refractivity contribution in [3.05, 3.63) is 30.1 Å². The predicted octanol–water partition coefficient (Wildman–Crippen LogP) is 3.16. The number of Topliss-reactive ketones (excluding diaryl/α,β-unsaturated/α-hetero) is 1. The van der Waals surface area contributed by atoms with E-state index < -0.39 is 10.8 Å². The fraction of sp³-hybridized carbons (Fsp3) is 0.500. The number of anilines is 1. The van der Waals surface area contributed by atoms with Gasteiger partial charge >= 0.3 is 0 Å². The number of hydrogen-bond donors (Lipinski definition) is 1. The van der Waals surface area contributed by atoms with Gasteiger partial charge < -0.3 is 5.32 Å². The summed E-state index contributed by atoms with van der Waals surface area (Å²) in [5, 5.41) is 2.77. The molecule has 2 aliphatic rings. The largest absolute Gasteiger partial charge is 0.325 e. The molecule has 3 nitrogen and oxygen atoms in total. The molecule has 2 unspecified atom stereocenters. The minimum absolute atomic E-state index is 0.0564. The quantitative estimate of drug-likeness (QED) is 0.843. The molecule has 0 aliphatic heterocycles. The van der Waals surface area contributed by atoms with Gasteiger partial charge in [0.15, 0.2) is 5.78 Å². The Kier molecular flexibility index (Phi) is 2.75. The van der Waals surface area contributed by atoms with Crippen molar-refractivity contribution in [1.29, 1.82) is 0 Å². The van der Waals surface area contributed by atoms with Crippen LogP contribution in [-0.4, -0.2) is 11.7 Å². The molecule has 0 spiro atoms. The molecule has 3 rings (SSSR count). The highest BCUT2D eigenvalue weighted by molar-refractivity contribution is 6.15. The summed E-state index contributed by atoms with van der Waals surface area (Å²) in [6, 6.07) is 5.62. The lowest BCUT2D eigenvalue weighted by molar-refractivity contribution is -0.142. The fourth-order valence-electron chi connectivity index (χ4n) is 3.76. The molecule has 1 aromatic rings. The standard InChI is InChI=1S/C16H18FNO2/c1-15(2)10-7-8-16(9-10,13(15)19)14(20)18-12-5-3-11(17)4-6-12/h3-6,10H,7-9H2,1-2H3,(H,18,20). The Morgan fingerprint density at radius 2 is 1.95 bits per heavy atom. The summed E-state index contributed by atoms with van der Waals surface area (Å²) in [6.07, 6.45) is 2.20. The van der Waals surface area contributed by atoms with E-state index in [-0.39, 0.29) is 17.5 Å². The van der Waals surface area contributed by atoms with Gasteiger partial charge in [-0.2, -0.15) is 0 Å². The van der Waals surface area contributed by atoms with Crippen LogP contribution in [0.25, 0.3) is 0 Å². The van der Waals surface area contributed by atoms with Crippen LogP contribution in [0.2, 0.25) is 0 Å². The van der Waals surface area contributed by atoms with E-state index in [4.69, 9.17) is 0 Å². The Hall–Kier alpha value is -1.71. The highest BCUT2D eigenvalue weighted by atomic mass is 19.1. The Bertz CT molecular complexity index is 579. The zero-order chi connectivity index (χ0) is 14.5. The molecule has 1 aromatic carbocycles. The third-order valence-corrected chi connectivity index (χ3v) is 5.09. The summed E-state index contributed by atoms with van der Waals surface area (Å²) in [6.45, 7) is 3.87. The molecule has 2 bridgehead atoms. The first kappa shape index (κ1) is 13.3. The number of halogens is 1. The van der Waals surface area contributed by atoms with Crippen LogP contribution >= 0.6 is 0 Å². The molecule has 0 radical (unpaired) electrons. The topological polar surface area (TPSA) is 46.2 Å². The number of nitrogens with one attached hydrogen (secondary N) is 1. The third-order valence-electron chi connectivity index (χ3n) is 5.09. The van der Waals surface area contributed by atoms with Gasteiger partial charge in [0, 0.05) is 11.1 Å². The van der Waals surface area contributed by atoms with E-state index in [1.54, 1.807) is 0 Å². The van der Waals surface area contributed by atoms with E-state index in [0.29, 0.717) is 24.4 Å². The molecule has 4 heteroatoms. The number of benzene rings is 1. The van der Waals surface area contributed by atoms with E-state index in [1.165, 1.54) is 24.3 Å². The normalized spacial score (nSPS) is 30.6. The summed E-state index contributed by atoms with van der Waals surface area (Å²) in [4.78, 5) is 25.1. The minimum atomic E-state index is -0.872. The van der Waals surface area contributed by atoms with Crippen molar-refractivity contribution in [3.8, 4) is 0 Å². The van der Waals surface area contributed by atoms with Crippen LogP contribution in [0.5, 0.6) is 0 Å². The van der Waals surface area contributed by atoms with Crippen LogP contribution in [0.3, 0.4) is 0 Å². The molecule has 2 fully saturated rings. The van der Waals surface area contributed by atoms with Crippen molar-refractivity contribution in [2.45, 2.75) is 33.1 Å². The van der Waals surface area contributed by atoms with Crippen molar-refractivity contribution in [3.63, 3.8) is 0 Å². The number of rotatable bonds is 2. The summed E-state index contributed by atoms with van der Waals surface area (Å²) < 4.78 is 12.9. The summed E-state index contributed by atoms with van der Waals surface area (Å²) in [7, 11) is 0. The second-order valence-corrected chi connectivity index (χ2v) is 6.53. The third kappa shape index (κ3) is 1.70. The first-order valence-corrected chi connectivity index (χ1v) is 6.98. The van der Waals surface area contributed by atoms with Crippen molar-refractivity contribution >= 4 is 17.4 Å². The van der Waals surface area contributed by atoms with Crippen molar-refractivity contribution in [2.24, 2.45) is 16.7 Å². The van der Waals surface area contributed by atoms with Gasteiger partial charge in [0.2, 0.25) is 5.91 Å².